The molecule has 1 aliphatic heterocycles. The molecule has 6 heteroatoms. The molecule has 0 amide bonds. The number of nitrogens with zero attached hydrogens (tertiary/aromatic N) is 2. The second-order valence-corrected chi connectivity index (χ2v) is 5.54. The van der Waals surface area contributed by atoms with Gasteiger partial charge in [0, 0.05) is 18.8 Å². The lowest BCUT2D eigenvalue weighted by Crippen LogP contribution is -2.39. The Kier molecular flexibility index (Phi) is 5.08. The molecule has 1 N–H and O–H groups in total. The van der Waals surface area contributed by atoms with Gasteiger partial charge in [-0.3, -0.25) is 0 Å². The van der Waals surface area contributed by atoms with Crippen molar-refractivity contribution in [3.05, 3.63) is 23.4 Å². The van der Waals surface area contributed by atoms with Crippen molar-refractivity contribution in [3.8, 4) is 0 Å². The summed E-state index contributed by atoms with van der Waals surface area (Å²) in [5.74, 6) is -0.518. The molecule has 0 bridgehead atoms. The summed E-state index contributed by atoms with van der Waals surface area (Å²) in [6.07, 6.45) is -2.13. The van der Waals surface area contributed by atoms with Gasteiger partial charge in [-0.1, -0.05) is 13.3 Å². The van der Waals surface area contributed by atoms with Crippen molar-refractivity contribution in [2.24, 2.45) is 5.92 Å². The molecule has 0 unspecified atom stereocenters. The van der Waals surface area contributed by atoms with E-state index in [1.165, 1.54) is 0 Å². The molecule has 0 aromatic carbocycles. The summed E-state index contributed by atoms with van der Waals surface area (Å²) in [7, 11) is 0. The number of piperidine rings is 1. The highest BCUT2D eigenvalue weighted by molar-refractivity contribution is 5.43. The number of aliphatic hydroxyl groups is 1. The van der Waals surface area contributed by atoms with Crippen LogP contribution in [0.3, 0.4) is 0 Å². The van der Waals surface area contributed by atoms with E-state index in [9.17, 15) is 18.3 Å². The topological polar surface area (TPSA) is 36.4 Å². The van der Waals surface area contributed by atoms with Gasteiger partial charge in [0.25, 0.3) is 0 Å². The molecule has 1 saturated heterocycles. The number of alkyl halides is 3. The van der Waals surface area contributed by atoms with E-state index in [-0.39, 0.29) is 19.4 Å². The van der Waals surface area contributed by atoms with Gasteiger partial charge in [0.15, 0.2) is 0 Å². The third-order valence-corrected chi connectivity index (χ3v) is 3.90. The van der Waals surface area contributed by atoms with Crippen LogP contribution in [0.15, 0.2) is 12.1 Å². The lowest BCUT2D eigenvalue weighted by molar-refractivity contribution is -0.179. The van der Waals surface area contributed by atoms with Gasteiger partial charge in [0.05, 0.1) is 12.5 Å². The second-order valence-electron chi connectivity index (χ2n) is 5.54. The Morgan fingerprint density at radius 3 is 2.48 bits per heavy atom. The van der Waals surface area contributed by atoms with Gasteiger partial charge in [0.1, 0.15) is 5.82 Å². The van der Waals surface area contributed by atoms with E-state index in [2.05, 4.69) is 4.98 Å². The Hall–Kier alpha value is -1.30. The van der Waals surface area contributed by atoms with Crippen molar-refractivity contribution < 1.29 is 18.3 Å². The van der Waals surface area contributed by atoms with Crippen LogP contribution in [0.1, 0.15) is 37.4 Å². The summed E-state index contributed by atoms with van der Waals surface area (Å²) in [6, 6.07) is 3.63. The van der Waals surface area contributed by atoms with Gasteiger partial charge < -0.3 is 10.0 Å². The molecule has 0 atom stereocenters. The minimum atomic E-state index is -4.10. The number of hydrogen-bond acceptors (Lipinski definition) is 3. The Balaban J connectivity index is 2.10. The maximum Gasteiger partial charge on any atom is 0.391 e. The van der Waals surface area contributed by atoms with Crippen molar-refractivity contribution in [2.75, 3.05) is 18.0 Å². The van der Waals surface area contributed by atoms with Crippen LogP contribution in [0.4, 0.5) is 19.0 Å². The highest BCUT2D eigenvalue weighted by Gasteiger charge is 2.41. The minimum absolute atomic E-state index is 0.0781. The van der Waals surface area contributed by atoms with Crippen LogP contribution in [0.5, 0.6) is 0 Å². The van der Waals surface area contributed by atoms with Crippen LogP contribution >= 0.6 is 0 Å². The molecule has 0 radical (unpaired) electrons. The fraction of sp³-hybridized carbons (Fsp3) is 0.667. The van der Waals surface area contributed by atoms with Gasteiger partial charge in [0.2, 0.25) is 0 Å². The second kappa shape index (κ2) is 6.64. The predicted molar refractivity (Wildman–Crippen MR) is 75.1 cm³/mol. The van der Waals surface area contributed by atoms with E-state index in [1.807, 2.05) is 17.9 Å². The maximum atomic E-state index is 12.7. The van der Waals surface area contributed by atoms with Gasteiger partial charge in [-0.15, -0.1) is 0 Å². The van der Waals surface area contributed by atoms with Crippen LogP contribution in [-0.4, -0.2) is 29.4 Å². The zero-order valence-electron chi connectivity index (χ0n) is 12.2. The molecule has 3 nitrogen and oxygen atoms in total. The number of hydrogen-bond donors (Lipinski definition) is 1. The standard InChI is InChI=1S/C15H21F3N2O/c1-2-3-13-8-11(10-21)9-14(19-13)20-6-4-12(5-7-20)15(16,17)18/h8-9,12,21H,2-7,10H2,1H3. The average molecular weight is 302 g/mol. The first kappa shape index (κ1) is 16.1. The number of halogens is 3. The molecular formula is C15H21F3N2O. The molecular weight excluding hydrogens is 281 g/mol. The molecule has 0 spiro atoms. The zero-order valence-corrected chi connectivity index (χ0v) is 12.2. The summed E-state index contributed by atoms with van der Waals surface area (Å²) in [5, 5.41) is 9.31. The summed E-state index contributed by atoms with van der Waals surface area (Å²) in [5.41, 5.74) is 1.65. The lowest BCUT2D eigenvalue weighted by atomic mass is 9.96. The largest absolute Gasteiger partial charge is 0.392 e. The van der Waals surface area contributed by atoms with Crippen LogP contribution in [0.2, 0.25) is 0 Å². The first-order valence-corrected chi connectivity index (χ1v) is 7.36. The van der Waals surface area contributed by atoms with Crippen LogP contribution in [0, 0.1) is 5.92 Å². The first-order chi connectivity index (χ1) is 9.94. The fourth-order valence-electron chi connectivity index (χ4n) is 2.71. The monoisotopic (exact) mass is 302 g/mol. The zero-order chi connectivity index (χ0) is 15.5. The molecule has 2 rings (SSSR count). The smallest absolute Gasteiger partial charge is 0.391 e. The van der Waals surface area contributed by atoms with E-state index in [4.69, 9.17) is 0 Å². The number of pyridine rings is 1. The number of aryl methyl sites for hydroxylation is 1. The SMILES string of the molecule is CCCc1cc(CO)cc(N2CCC(C(F)(F)F)CC2)n1. The molecule has 1 aromatic heterocycles. The Labute approximate surface area is 122 Å². The first-order valence-electron chi connectivity index (χ1n) is 7.36. The van der Waals surface area contributed by atoms with Crippen molar-refractivity contribution in [3.63, 3.8) is 0 Å². The molecule has 21 heavy (non-hydrogen) atoms. The van der Waals surface area contributed by atoms with E-state index in [0.29, 0.717) is 18.9 Å². The number of aromatic nitrogens is 1. The Morgan fingerprint density at radius 1 is 1.29 bits per heavy atom. The molecule has 1 fully saturated rings. The third-order valence-electron chi connectivity index (χ3n) is 3.90. The van der Waals surface area contributed by atoms with Gasteiger partial charge >= 0.3 is 6.18 Å². The summed E-state index contributed by atoms with van der Waals surface area (Å²) < 4.78 is 38.1. The molecule has 0 saturated carbocycles. The normalized spacial score (nSPS) is 17.3. The Bertz CT molecular complexity index is 468. The molecule has 1 aliphatic rings. The van der Waals surface area contributed by atoms with Crippen molar-refractivity contribution >= 4 is 5.82 Å². The molecule has 0 aliphatic carbocycles. The van der Waals surface area contributed by atoms with E-state index < -0.39 is 12.1 Å². The molecule has 2 heterocycles. The average Bonchev–Trinajstić information content (AvgIpc) is 2.46. The van der Waals surface area contributed by atoms with Crippen molar-refractivity contribution in [2.45, 2.75) is 45.4 Å². The summed E-state index contributed by atoms with van der Waals surface area (Å²) >= 11 is 0. The van der Waals surface area contributed by atoms with Crippen molar-refractivity contribution in [1.82, 2.24) is 4.98 Å². The van der Waals surface area contributed by atoms with Crippen LogP contribution in [-0.2, 0) is 13.0 Å². The maximum absolute atomic E-state index is 12.7. The summed E-state index contributed by atoms with van der Waals surface area (Å²) in [4.78, 5) is 6.40. The number of rotatable bonds is 4. The summed E-state index contributed by atoms with van der Waals surface area (Å²) in [6.45, 7) is 2.68. The van der Waals surface area contributed by atoms with Crippen LogP contribution < -0.4 is 4.90 Å². The highest BCUT2D eigenvalue weighted by atomic mass is 19.4. The molecule has 118 valence electrons. The van der Waals surface area contributed by atoms with E-state index in [0.717, 1.165) is 24.1 Å². The third kappa shape index (κ3) is 4.09. The lowest BCUT2D eigenvalue weighted by Gasteiger charge is -2.34. The molecule has 1 aromatic rings. The number of aliphatic hydroxyl groups excluding tert-OH is 1. The fourth-order valence-corrected chi connectivity index (χ4v) is 2.71. The van der Waals surface area contributed by atoms with Gasteiger partial charge in [-0.25, -0.2) is 4.98 Å². The quantitative estimate of drug-likeness (QED) is 0.927. The van der Waals surface area contributed by atoms with E-state index in [1.54, 1.807) is 6.07 Å². The Morgan fingerprint density at radius 2 is 1.95 bits per heavy atom. The minimum Gasteiger partial charge on any atom is -0.392 e. The van der Waals surface area contributed by atoms with Crippen LogP contribution in [0.25, 0.3) is 0 Å². The highest BCUT2D eigenvalue weighted by Crippen LogP contribution is 2.35. The van der Waals surface area contributed by atoms with Gasteiger partial charge in [-0.05, 0) is 37.0 Å². The number of anilines is 1. The van der Waals surface area contributed by atoms with Gasteiger partial charge in [-0.2, -0.15) is 13.2 Å². The predicted octanol–water partition coefficient (Wildman–Crippen LogP) is 3.31. The van der Waals surface area contributed by atoms with Crippen molar-refractivity contribution in [1.29, 1.82) is 0 Å². The van der Waals surface area contributed by atoms with E-state index >= 15 is 0 Å².